The number of hydrogen-bond donors (Lipinski definition) is 0. The van der Waals surface area contributed by atoms with E-state index in [9.17, 15) is 9.59 Å². The quantitative estimate of drug-likeness (QED) is 0.848. The molecule has 1 aromatic carbocycles. The monoisotopic (exact) mass is 316 g/mol. The van der Waals surface area contributed by atoms with Crippen LogP contribution in [0.1, 0.15) is 25.3 Å². The molecule has 0 atom stereocenters. The normalized spacial score (nSPS) is 20.8. The van der Waals surface area contributed by atoms with Gasteiger partial charge in [0.2, 0.25) is 11.8 Å². The van der Waals surface area contributed by atoms with Crippen molar-refractivity contribution >= 4 is 11.8 Å². The zero-order chi connectivity index (χ0) is 16.3. The fraction of sp³-hybridized carbons (Fsp3) is 0.556. The molecule has 0 aliphatic carbocycles. The Labute approximate surface area is 137 Å². The summed E-state index contributed by atoms with van der Waals surface area (Å²) < 4.78 is 5.48. The number of carbonyl (C=O) groups is 2. The first-order valence-corrected chi connectivity index (χ1v) is 8.34. The van der Waals surface area contributed by atoms with E-state index >= 15 is 0 Å². The topological polar surface area (TPSA) is 49.9 Å². The van der Waals surface area contributed by atoms with Crippen LogP contribution in [0, 0.1) is 0 Å². The molecule has 2 aliphatic rings. The molecular formula is C18H24N2O3. The molecule has 2 fully saturated rings. The molecule has 2 saturated heterocycles. The summed E-state index contributed by atoms with van der Waals surface area (Å²) in [6.45, 7) is 4.84. The van der Waals surface area contributed by atoms with Crippen LogP contribution in [0.3, 0.4) is 0 Å². The third-order valence-electron chi connectivity index (χ3n) is 4.98. The molecule has 5 nitrogen and oxygen atoms in total. The first-order chi connectivity index (χ1) is 11.1. The number of amides is 2. The lowest BCUT2D eigenvalue weighted by Crippen LogP contribution is -2.67. The van der Waals surface area contributed by atoms with Crippen molar-refractivity contribution in [1.29, 1.82) is 0 Å². The van der Waals surface area contributed by atoms with Gasteiger partial charge in [0, 0.05) is 26.3 Å². The van der Waals surface area contributed by atoms with Gasteiger partial charge in [0.25, 0.3) is 0 Å². The van der Waals surface area contributed by atoms with Crippen LogP contribution in [0.2, 0.25) is 0 Å². The highest BCUT2D eigenvalue weighted by atomic mass is 16.5. The van der Waals surface area contributed by atoms with Crippen LogP contribution in [0.25, 0.3) is 0 Å². The maximum atomic E-state index is 12.7. The van der Waals surface area contributed by atoms with Crippen molar-refractivity contribution in [1.82, 2.24) is 9.80 Å². The van der Waals surface area contributed by atoms with Gasteiger partial charge < -0.3 is 14.5 Å². The summed E-state index contributed by atoms with van der Waals surface area (Å²) in [4.78, 5) is 28.9. The molecule has 3 rings (SSSR count). The summed E-state index contributed by atoms with van der Waals surface area (Å²) in [6, 6.07) is 9.71. The second-order valence-electron chi connectivity index (χ2n) is 6.39. The minimum atomic E-state index is -0.241. The van der Waals surface area contributed by atoms with Crippen molar-refractivity contribution < 1.29 is 14.3 Å². The lowest BCUT2D eigenvalue weighted by atomic mass is 9.85. The Morgan fingerprint density at radius 3 is 2.57 bits per heavy atom. The maximum Gasteiger partial charge on any atom is 0.242 e. The summed E-state index contributed by atoms with van der Waals surface area (Å²) in [7, 11) is 0. The SMILES string of the molecule is CCN1C(=O)CN(C(=O)Cc2ccccc2)CC12CCOCC2. The van der Waals surface area contributed by atoms with E-state index in [2.05, 4.69) is 0 Å². The van der Waals surface area contributed by atoms with Crippen molar-refractivity contribution in [3.63, 3.8) is 0 Å². The molecule has 0 bridgehead atoms. The first-order valence-electron chi connectivity index (χ1n) is 8.34. The van der Waals surface area contributed by atoms with Gasteiger partial charge in [0.1, 0.15) is 0 Å². The summed E-state index contributed by atoms with van der Waals surface area (Å²) in [6.07, 6.45) is 1.97. The van der Waals surface area contributed by atoms with Gasteiger partial charge in [-0.1, -0.05) is 30.3 Å². The summed E-state index contributed by atoms with van der Waals surface area (Å²) >= 11 is 0. The van der Waals surface area contributed by atoms with Gasteiger partial charge in [-0.2, -0.15) is 0 Å². The molecule has 0 unspecified atom stereocenters. The highest BCUT2D eigenvalue weighted by Gasteiger charge is 2.46. The average Bonchev–Trinajstić information content (AvgIpc) is 2.56. The molecule has 0 saturated carbocycles. The fourth-order valence-corrected chi connectivity index (χ4v) is 3.76. The van der Waals surface area contributed by atoms with E-state index in [0.717, 1.165) is 18.4 Å². The highest BCUT2D eigenvalue weighted by Crippen LogP contribution is 2.32. The minimum Gasteiger partial charge on any atom is -0.381 e. The Morgan fingerprint density at radius 2 is 1.91 bits per heavy atom. The number of piperazine rings is 1. The van der Waals surface area contributed by atoms with Crippen molar-refractivity contribution in [2.24, 2.45) is 0 Å². The molecule has 0 aromatic heterocycles. The summed E-state index contributed by atoms with van der Waals surface area (Å²) in [5.74, 6) is 0.0910. The number of ether oxygens (including phenoxy) is 1. The number of benzene rings is 1. The Bertz CT molecular complexity index is 567. The van der Waals surface area contributed by atoms with E-state index in [-0.39, 0.29) is 23.9 Å². The third-order valence-corrected chi connectivity index (χ3v) is 4.98. The van der Waals surface area contributed by atoms with Gasteiger partial charge in [0.15, 0.2) is 0 Å². The van der Waals surface area contributed by atoms with Gasteiger partial charge in [-0.15, -0.1) is 0 Å². The molecular weight excluding hydrogens is 292 g/mol. The van der Waals surface area contributed by atoms with E-state index in [1.807, 2.05) is 42.2 Å². The smallest absolute Gasteiger partial charge is 0.242 e. The molecule has 0 N–H and O–H groups in total. The van der Waals surface area contributed by atoms with E-state index < -0.39 is 0 Å². The van der Waals surface area contributed by atoms with Crippen molar-refractivity contribution in [2.45, 2.75) is 31.7 Å². The predicted molar refractivity (Wildman–Crippen MR) is 86.9 cm³/mol. The van der Waals surface area contributed by atoms with E-state index in [1.54, 1.807) is 4.90 Å². The highest BCUT2D eigenvalue weighted by molar-refractivity contribution is 5.87. The van der Waals surface area contributed by atoms with E-state index in [1.165, 1.54) is 0 Å². The first kappa shape index (κ1) is 16.0. The molecule has 2 heterocycles. The van der Waals surface area contributed by atoms with Crippen LogP contribution < -0.4 is 0 Å². The van der Waals surface area contributed by atoms with Crippen LogP contribution in [0.15, 0.2) is 30.3 Å². The second-order valence-corrected chi connectivity index (χ2v) is 6.39. The second kappa shape index (κ2) is 6.71. The van der Waals surface area contributed by atoms with E-state index in [4.69, 9.17) is 4.74 Å². The van der Waals surface area contributed by atoms with Crippen LogP contribution in [0.5, 0.6) is 0 Å². The number of likely N-dealkylation sites (N-methyl/N-ethyl adjacent to an activating group) is 1. The lowest BCUT2D eigenvalue weighted by Gasteiger charge is -2.52. The molecule has 23 heavy (non-hydrogen) atoms. The van der Waals surface area contributed by atoms with Crippen molar-refractivity contribution in [2.75, 3.05) is 32.8 Å². The minimum absolute atomic E-state index is 0.0335. The standard InChI is InChI=1S/C18H24N2O3/c1-2-20-17(22)13-19(14-18(20)8-10-23-11-9-18)16(21)12-15-6-4-3-5-7-15/h3-7H,2,8-14H2,1H3. The Hall–Kier alpha value is -1.88. The van der Waals surface area contributed by atoms with Crippen LogP contribution >= 0.6 is 0 Å². The van der Waals surface area contributed by atoms with Gasteiger partial charge in [-0.25, -0.2) is 0 Å². The average molecular weight is 316 g/mol. The molecule has 2 aliphatic heterocycles. The zero-order valence-electron chi connectivity index (χ0n) is 13.7. The molecule has 1 aromatic rings. The Kier molecular flexibility index (Phi) is 4.66. The number of rotatable bonds is 3. The zero-order valence-corrected chi connectivity index (χ0v) is 13.7. The maximum absolute atomic E-state index is 12.7. The van der Waals surface area contributed by atoms with E-state index in [0.29, 0.717) is 32.7 Å². The third kappa shape index (κ3) is 3.24. The molecule has 5 heteroatoms. The van der Waals surface area contributed by atoms with Gasteiger partial charge >= 0.3 is 0 Å². The van der Waals surface area contributed by atoms with Crippen molar-refractivity contribution in [3.8, 4) is 0 Å². The van der Waals surface area contributed by atoms with Crippen LogP contribution in [0.4, 0.5) is 0 Å². The Morgan fingerprint density at radius 1 is 1.22 bits per heavy atom. The molecule has 124 valence electrons. The number of carbonyl (C=O) groups excluding carboxylic acids is 2. The molecule has 2 amide bonds. The van der Waals surface area contributed by atoms with Gasteiger partial charge in [-0.05, 0) is 25.3 Å². The van der Waals surface area contributed by atoms with Crippen LogP contribution in [-0.2, 0) is 20.7 Å². The fourth-order valence-electron chi connectivity index (χ4n) is 3.76. The lowest BCUT2D eigenvalue weighted by molar-refractivity contribution is -0.160. The van der Waals surface area contributed by atoms with Gasteiger partial charge in [0.05, 0.1) is 18.5 Å². The largest absolute Gasteiger partial charge is 0.381 e. The van der Waals surface area contributed by atoms with Crippen LogP contribution in [-0.4, -0.2) is 60.0 Å². The van der Waals surface area contributed by atoms with Crippen molar-refractivity contribution in [3.05, 3.63) is 35.9 Å². The Balaban J connectivity index is 1.76. The summed E-state index contributed by atoms with van der Waals surface area (Å²) in [5.41, 5.74) is 0.748. The predicted octanol–water partition coefficient (Wildman–Crippen LogP) is 1.47. The molecule has 1 spiro atoms. The summed E-state index contributed by atoms with van der Waals surface area (Å²) in [5, 5.41) is 0. The molecule has 0 radical (unpaired) electrons. The number of hydrogen-bond acceptors (Lipinski definition) is 3. The van der Waals surface area contributed by atoms with Gasteiger partial charge in [-0.3, -0.25) is 9.59 Å². The number of nitrogens with zero attached hydrogens (tertiary/aromatic N) is 2.